The van der Waals surface area contributed by atoms with E-state index < -0.39 is 0 Å². The first-order chi connectivity index (χ1) is 10.6. The molecule has 3 nitrogen and oxygen atoms in total. The van der Waals surface area contributed by atoms with Crippen LogP contribution in [0.1, 0.15) is 23.1 Å². The van der Waals surface area contributed by atoms with Gasteiger partial charge in [0.05, 0.1) is 0 Å². The SMILES string of the molecule is [CH2-]C/C(=C\c1[c-]ccc(C)c1)C(=O)Nc1ccc(CN)cc1.[Y]. The first kappa shape index (κ1) is 19.8. The number of anilines is 1. The fourth-order valence-electron chi connectivity index (χ4n) is 2.06. The Morgan fingerprint density at radius 1 is 1.30 bits per heavy atom. The van der Waals surface area contributed by atoms with Crippen LogP contribution in [0.25, 0.3) is 6.08 Å². The van der Waals surface area contributed by atoms with Crippen molar-refractivity contribution in [2.24, 2.45) is 5.73 Å². The summed E-state index contributed by atoms with van der Waals surface area (Å²) in [7, 11) is 0. The van der Waals surface area contributed by atoms with Gasteiger partial charge in [0.2, 0.25) is 5.91 Å². The third-order valence-corrected chi connectivity index (χ3v) is 3.32. The van der Waals surface area contributed by atoms with Gasteiger partial charge < -0.3 is 18.0 Å². The van der Waals surface area contributed by atoms with Crippen molar-refractivity contribution >= 4 is 17.7 Å². The van der Waals surface area contributed by atoms with Gasteiger partial charge in [-0.15, -0.1) is 41.5 Å². The van der Waals surface area contributed by atoms with Crippen molar-refractivity contribution in [2.75, 3.05) is 5.32 Å². The normalized spacial score (nSPS) is 10.8. The van der Waals surface area contributed by atoms with Gasteiger partial charge in [0, 0.05) is 44.9 Å². The summed E-state index contributed by atoms with van der Waals surface area (Å²) < 4.78 is 0. The second-order valence-corrected chi connectivity index (χ2v) is 5.10. The van der Waals surface area contributed by atoms with E-state index in [1.807, 2.05) is 55.5 Å². The summed E-state index contributed by atoms with van der Waals surface area (Å²) in [5, 5.41) is 2.88. The van der Waals surface area contributed by atoms with E-state index in [9.17, 15) is 4.79 Å². The molecular formula is C19H20N2OY-2. The van der Waals surface area contributed by atoms with E-state index >= 15 is 0 Å². The summed E-state index contributed by atoms with van der Waals surface area (Å²) in [6.45, 7) is 6.33. The van der Waals surface area contributed by atoms with E-state index in [-0.39, 0.29) is 38.6 Å². The van der Waals surface area contributed by atoms with E-state index in [0.29, 0.717) is 18.5 Å². The van der Waals surface area contributed by atoms with Crippen LogP contribution in [-0.2, 0) is 44.0 Å². The first-order valence-corrected chi connectivity index (χ1v) is 7.21. The van der Waals surface area contributed by atoms with Gasteiger partial charge in [-0.2, -0.15) is 6.42 Å². The molecule has 0 spiro atoms. The molecule has 0 saturated heterocycles. The minimum atomic E-state index is -0.148. The number of hydrogen-bond donors (Lipinski definition) is 2. The molecule has 0 heterocycles. The van der Waals surface area contributed by atoms with Crippen molar-refractivity contribution in [3.05, 3.63) is 77.7 Å². The Bertz CT molecular complexity index is 678. The maximum Gasteiger partial charge on any atom is 0.239 e. The quantitative estimate of drug-likeness (QED) is 0.615. The smallest absolute Gasteiger partial charge is 0.239 e. The minimum absolute atomic E-state index is 0. The van der Waals surface area contributed by atoms with Crippen molar-refractivity contribution in [3.63, 3.8) is 0 Å². The van der Waals surface area contributed by atoms with E-state index in [1.165, 1.54) is 0 Å². The standard InChI is InChI=1S/C19H20N2O.Y/c1-3-17(12-16-6-4-5-14(2)11-16)19(22)21-18-9-7-15(13-20)8-10-18;/h4-5,7-12H,1,3,13,20H2,2H3,(H,21,22);/q-2;/b17-12+;. The first-order valence-electron chi connectivity index (χ1n) is 7.21. The number of nitrogens with two attached hydrogens (primary N) is 1. The molecule has 2 aromatic carbocycles. The second-order valence-electron chi connectivity index (χ2n) is 5.10. The maximum absolute atomic E-state index is 12.3. The van der Waals surface area contributed by atoms with E-state index in [1.54, 1.807) is 0 Å². The molecule has 0 saturated carbocycles. The predicted molar refractivity (Wildman–Crippen MR) is 90.9 cm³/mol. The van der Waals surface area contributed by atoms with Gasteiger partial charge in [0.15, 0.2) is 0 Å². The minimum Gasteiger partial charge on any atom is -0.340 e. The van der Waals surface area contributed by atoms with Crippen LogP contribution in [0.5, 0.6) is 0 Å². The van der Waals surface area contributed by atoms with Crippen LogP contribution in [0.2, 0.25) is 0 Å². The molecule has 23 heavy (non-hydrogen) atoms. The van der Waals surface area contributed by atoms with Gasteiger partial charge in [0.25, 0.3) is 0 Å². The van der Waals surface area contributed by atoms with Crippen molar-refractivity contribution < 1.29 is 37.5 Å². The largest absolute Gasteiger partial charge is 0.340 e. The molecule has 0 aliphatic rings. The van der Waals surface area contributed by atoms with E-state index in [0.717, 1.165) is 22.4 Å². The number of rotatable bonds is 5. The molecule has 1 radical (unpaired) electrons. The third-order valence-electron chi connectivity index (χ3n) is 3.32. The second kappa shape index (κ2) is 9.76. The number of carbonyl (C=O) groups is 1. The molecule has 0 unspecified atom stereocenters. The number of aryl methyl sites for hydroxylation is 1. The van der Waals surface area contributed by atoms with E-state index in [2.05, 4.69) is 18.3 Å². The van der Waals surface area contributed by atoms with Gasteiger partial charge in [-0.25, -0.2) is 0 Å². The molecule has 1 amide bonds. The summed E-state index contributed by atoms with van der Waals surface area (Å²) >= 11 is 0. The zero-order chi connectivity index (χ0) is 15.9. The van der Waals surface area contributed by atoms with Crippen molar-refractivity contribution in [3.8, 4) is 0 Å². The molecule has 0 fully saturated rings. The average Bonchev–Trinajstić information content (AvgIpc) is 2.53. The van der Waals surface area contributed by atoms with E-state index in [4.69, 9.17) is 5.73 Å². The molecule has 4 heteroatoms. The molecular weight excluding hydrogens is 361 g/mol. The number of amides is 1. The Hall–Kier alpha value is -1.29. The van der Waals surface area contributed by atoms with Crippen LogP contribution in [0, 0.1) is 19.9 Å². The zero-order valence-electron chi connectivity index (χ0n) is 13.3. The Morgan fingerprint density at radius 2 is 2.00 bits per heavy atom. The summed E-state index contributed by atoms with van der Waals surface area (Å²) in [5.74, 6) is -0.148. The molecule has 0 aromatic heterocycles. The number of nitrogens with one attached hydrogen (secondary N) is 1. The Morgan fingerprint density at radius 3 is 2.57 bits per heavy atom. The van der Waals surface area contributed by atoms with Gasteiger partial charge in [0.1, 0.15) is 0 Å². The average molecular weight is 381 g/mol. The third kappa shape index (κ3) is 6.02. The summed E-state index contributed by atoms with van der Waals surface area (Å²) in [6.07, 6.45) is 2.23. The van der Waals surface area contributed by atoms with Crippen LogP contribution in [0.3, 0.4) is 0 Å². The van der Waals surface area contributed by atoms with Gasteiger partial charge in [-0.1, -0.05) is 24.6 Å². The van der Waals surface area contributed by atoms with Crippen LogP contribution < -0.4 is 11.1 Å². The molecule has 0 aliphatic heterocycles. The number of benzene rings is 2. The molecule has 0 bridgehead atoms. The van der Waals surface area contributed by atoms with Crippen LogP contribution in [-0.4, -0.2) is 5.91 Å². The summed E-state index contributed by atoms with van der Waals surface area (Å²) in [5.41, 5.74) is 9.96. The maximum atomic E-state index is 12.3. The molecule has 3 N–H and O–H groups in total. The van der Waals surface area contributed by atoms with Crippen molar-refractivity contribution in [1.29, 1.82) is 0 Å². The van der Waals surface area contributed by atoms with Gasteiger partial charge >= 0.3 is 0 Å². The van der Waals surface area contributed by atoms with Gasteiger partial charge in [-0.3, -0.25) is 4.79 Å². The zero-order valence-corrected chi connectivity index (χ0v) is 16.1. The monoisotopic (exact) mass is 381 g/mol. The molecule has 0 atom stereocenters. The predicted octanol–water partition coefficient (Wildman–Crippen LogP) is 3.50. The fraction of sp³-hybridized carbons (Fsp3) is 0.158. The van der Waals surface area contributed by atoms with Crippen molar-refractivity contribution in [1.82, 2.24) is 0 Å². The molecule has 117 valence electrons. The van der Waals surface area contributed by atoms with Crippen LogP contribution in [0.4, 0.5) is 5.69 Å². The van der Waals surface area contributed by atoms with Crippen LogP contribution >= 0.6 is 0 Å². The van der Waals surface area contributed by atoms with Gasteiger partial charge in [-0.05, 0) is 17.7 Å². The fourth-order valence-corrected chi connectivity index (χ4v) is 2.06. The summed E-state index contributed by atoms with van der Waals surface area (Å²) in [4.78, 5) is 12.3. The molecule has 2 aromatic rings. The Labute approximate surface area is 163 Å². The summed E-state index contributed by atoms with van der Waals surface area (Å²) in [6, 6.07) is 16.4. The van der Waals surface area contributed by atoms with Crippen LogP contribution in [0.15, 0.2) is 48.0 Å². The molecule has 2 rings (SSSR count). The topological polar surface area (TPSA) is 55.1 Å². The number of hydrogen-bond acceptors (Lipinski definition) is 2. The molecule has 0 aliphatic carbocycles. The number of carbonyl (C=O) groups excluding carboxylic acids is 1. The van der Waals surface area contributed by atoms with Crippen molar-refractivity contribution in [2.45, 2.75) is 19.9 Å². The Kier molecular flexibility index (Phi) is 8.39. The Balaban J connectivity index is 0.00000264.